The minimum Gasteiger partial charge on any atom is -0.497 e. The maximum absolute atomic E-state index is 13.2. The summed E-state index contributed by atoms with van der Waals surface area (Å²) in [6.07, 6.45) is 1.58. The Morgan fingerprint density at radius 2 is 1.57 bits per heavy atom. The fourth-order valence-corrected chi connectivity index (χ4v) is 5.31. The number of pyridine rings is 1. The minimum absolute atomic E-state index is 0.0671. The number of methoxy groups -OCH3 is 1. The Morgan fingerprint density at radius 1 is 0.875 bits per heavy atom. The van der Waals surface area contributed by atoms with Crippen LogP contribution in [0, 0.1) is 0 Å². The molecule has 6 rings (SSSR count). The molecule has 2 fully saturated rings. The van der Waals surface area contributed by atoms with Crippen LogP contribution in [0.3, 0.4) is 0 Å². The first-order valence-electron chi connectivity index (χ1n) is 12.4. The van der Waals surface area contributed by atoms with Crippen LogP contribution in [0.25, 0.3) is 11.1 Å². The van der Waals surface area contributed by atoms with Crippen molar-refractivity contribution in [3.8, 4) is 16.9 Å². The fourth-order valence-electron chi connectivity index (χ4n) is 5.31. The van der Waals surface area contributed by atoms with Crippen molar-refractivity contribution in [2.24, 2.45) is 0 Å². The van der Waals surface area contributed by atoms with Crippen molar-refractivity contribution in [3.63, 3.8) is 0 Å². The second-order valence-electron chi connectivity index (χ2n) is 10.0. The molecule has 2 aromatic carbocycles. The predicted octanol–water partition coefficient (Wildman–Crippen LogP) is 1.50. The number of amides is 7. The van der Waals surface area contributed by atoms with Crippen LogP contribution < -0.4 is 26.0 Å². The molecule has 12 nitrogen and oxygen atoms in total. The second-order valence-corrected chi connectivity index (χ2v) is 10.0. The number of hydrogen-bond donors (Lipinski definition) is 4. The monoisotopic (exact) mass is 540 g/mol. The topological polar surface area (TPSA) is 159 Å². The summed E-state index contributed by atoms with van der Waals surface area (Å²) in [4.78, 5) is 68.4. The van der Waals surface area contributed by atoms with Gasteiger partial charge in [-0.1, -0.05) is 36.4 Å². The minimum atomic E-state index is -1.48. The van der Waals surface area contributed by atoms with Gasteiger partial charge in [-0.3, -0.25) is 30.0 Å². The standard InChI is InChI=1S/C28H24N6O6/c1-27(23(36)30-25(38)32-27)21-10-6-16(12-29-21)15-3-7-18(8-4-15)28(24(37)31-26(39)33-28)14-34-13-17-5-9-19(40-2)11-20(17)22(34)35/h3-12H,13-14H2,1-2H3,(H2,30,32,36,38)(H2,31,33,37,39)/t27?,28-/m0/s1. The maximum atomic E-state index is 13.2. The Morgan fingerprint density at radius 3 is 2.17 bits per heavy atom. The quantitative estimate of drug-likeness (QED) is 0.345. The van der Waals surface area contributed by atoms with Gasteiger partial charge in [0.15, 0.2) is 11.1 Å². The van der Waals surface area contributed by atoms with Gasteiger partial charge in [0.1, 0.15) is 5.75 Å². The number of nitrogens with one attached hydrogen (secondary N) is 4. The van der Waals surface area contributed by atoms with E-state index in [4.69, 9.17) is 4.74 Å². The van der Waals surface area contributed by atoms with E-state index in [0.717, 1.165) is 16.7 Å². The van der Waals surface area contributed by atoms with E-state index in [1.165, 1.54) is 12.0 Å². The van der Waals surface area contributed by atoms with E-state index in [1.807, 2.05) is 6.07 Å². The summed E-state index contributed by atoms with van der Waals surface area (Å²) in [5, 5.41) is 9.84. The molecule has 2 atom stereocenters. The van der Waals surface area contributed by atoms with Crippen molar-refractivity contribution in [3.05, 3.63) is 83.2 Å². The molecular formula is C28H24N6O6. The molecule has 0 bridgehead atoms. The third-order valence-electron chi connectivity index (χ3n) is 7.60. The first-order valence-corrected chi connectivity index (χ1v) is 12.4. The highest BCUT2D eigenvalue weighted by Crippen LogP contribution is 2.34. The van der Waals surface area contributed by atoms with Gasteiger partial charge in [-0.05, 0) is 41.8 Å². The summed E-state index contributed by atoms with van der Waals surface area (Å²) in [5.74, 6) is -0.740. The van der Waals surface area contributed by atoms with Crippen molar-refractivity contribution in [2.45, 2.75) is 24.5 Å². The van der Waals surface area contributed by atoms with Crippen LogP contribution in [-0.4, -0.2) is 53.3 Å². The molecule has 4 heterocycles. The second kappa shape index (κ2) is 8.90. The third-order valence-corrected chi connectivity index (χ3v) is 7.60. The number of hydrogen-bond acceptors (Lipinski definition) is 7. The summed E-state index contributed by atoms with van der Waals surface area (Å²) < 4.78 is 5.24. The number of rotatable bonds is 6. The van der Waals surface area contributed by atoms with Crippen molar-refractivity contribution in [1.82, 2.24) is 31.2 Å². The lowest BCUT2D eigenvalue weighted by molar-refractivity contribution is -0.125. The summed E-state index contributed by atoms with van der Waals surface area (Å²) >= 11 is 0. The number of benzene rings is 2. The molecule has 1 aromatic heterocycles. The van der Waals surface area contributed by atoms with Gasteiger partial charge in [-0.2, -0.15) is 0 Å². The zero-order chi connectivity index (χ0) is 28.2. The summed E-state index contributed by atoms with van der Waals surface area (Å²) in [6, 6.07) is 14.5. The molecule has 7 amide bonds. The molecule has 3 aliphatic rings. The summed E-state index contributed by atoms with van der Waals surface area (Å²) in [5.41, 5.74) is 0.938. The van der Waals surface area contributed by atoms with Crippen LogP contribution in [0.5, 0.6) is 5.75 Å². The van der Waals surface area contributed by atoms with Crippen LogP contribution >= 0.6 is 0 Å². The first-order chi connectivity index (χ1) is 19.1. The molecular weight excluding hydrogens is 516 g/mol. The number of imide groups is 2. The van der Waals surface area contributed by atoms with Crippen LogP contribution in [0.15, 0.2) is 60.8 Å². The van der Waals surface area contributed by atoms with E-state index in [1.54, 1.807) is 61.7 Å². The lowest BCUT2D eigenvalue weighted by atomic mass is 9.88. The van der Waals surface area contributed by atoms with Gasteiger partial charge in [-0.15, -0.1) is 0 Å². The molecule has 0 aliphatic carbocycles. The van der Waals surface area contributed by atoms with Crippen molar-refractivity contribution < 1.29 is 28.7 Å². The van der Waals surface area contributed by atoms with E-state index in [-0.39, 0.29) is 19.0 Å². The van der Waals surface area contributed by atoms with E-state index in [9.17, 15) is 24.0 Å². The average Bonchev–Trinajstić information content (AvgIpc) is 3.52. The number of aromatic nitrogens is 1. The van der Waals surface area contributed by atoms with Crippen molar-refractivity contribution >= 4 is 29.8 Å². The molecule has 1 unspecified atom stereocenters. The van der Waals surface area contributed by atoms with Gasteiger partial charge in [-0.25, -0.2) is 9.59 Å². The first kappa shape index (κ1) is 25.0. The van der Waals surface area contributed by atoms with E-state index < -0.39 is 35.0 Å². The third kappa shape index (κ3) is 3.83. The Hall–Kier alpha value is -5.26. The number of carbonyl (C=O) groups is 5. The molecule has 0 spiro atoms. The SMILES string of the molecule is COc1ccc2c(c1)C(=O)N(C[C@@]1(c3ccc(-c4ccc(C5(C)NC(=O)NC5=O)nc4)cc3)NC(=O)NC1=O)C2. The normalized spacial score (nSPS) is 23.4. The van der Waals surface area contributed by atoms with Gasteiger partial charge in [0, 0.05) is 23.9 Å². The number of ether oxygens (including phenoxy) is 1. The highest BCUT2D eigenvalue weighted by atomic mass is 16.5. The molecule has 202 valence electrons. The molecule has 3 aliphatic heterocycles. The van der Waals surface area contributed by atoms with Crippen LogP contribution in [0.4, 0.5) is 9.59 Å². The number of fused-ring (bicyclic) bond motifs is 1. The molecule has 2 saturated heterocycles. The molecule has 40 heavy (non-hydrogen) atoms. The zero-order valence-corrected chi connectivity index (χ0v) is 21.5. The van der Waals surface area contributed by atoms with Gasteiger partial charge < -0.3 is 20.3 Å². The van der Waals surface area contributed by atoms with Crippen LogP contribution in [-0.2, 0) is 27.2 Å². The average molecular weight is 541 g/mol. The van der Waals surface area contributed by atoms with Gasteiger partial charge in [0.25, 0.3) is 17.7 Å². The van der Waals surface area contributed by atoms with E-state index in [0.29, 0.717) is 22.6 Å². The van der Waals surface area contributed by atoms with E-state index >= 15 is 0 Å². The van der Waals surface area contributed by atoms with Gasteiger partial charge in [0.2, 0.25) is 0 Å². The molecule has 0 saturated carbocycles. The van der Waals surface area contributed by atoms with Crippen molar-refractivity contribution in [1.29, 1.82) is 0 Å². The van der Waals surface area contributed by atoms with Crippen molar-refractivity contribution in [2.75, 3.05) is 13.7 Å². The molecule has 3 aromatic rings. The lowest BCUT2D eigenvalue weighted by Crippen LogP contribution is -2.52. The largest absolute Gasteiger partial charge is 0.497 e. The number of carbonyl (C=O) groups excluding carboxylic acids is 5. The lowest BCUT2D eigenvalue weighted by Gasteiger charge is -2.31. The number of urea groups is 2. The fraction of sp³-hybridized carbons (Fsp3) is 0.214. The Balaban J connectivity index is 1.27. The number of nitrogens with zero attached hydrogens (tertiary/aromatic N) is 2. The Labute approximate surface area is 228 Å². The highest BCUT2D eigenvalue weighted by Gasteiger charge is 2.50. The smallest absolute Gasteiger partial charge is 0.322 e. The van der Waals surface area contributed by atoms with E-state index in [2.05, 4.69) is 26.3 Å². The molecule has 12 heteroatoms. The molecule has 4 N–H and O–H groups in total. The van der Waals surface area contributed by atoms with Crippen LogP contribution in [0.2, 0.25) is 0 Å². The maximum Gasteiger partial charge on any atom is 0.322 e. The highest BCUT2D eigenvalue weighted by molar-refractivity contribution is 6.08. The zero-order valence-electron chi connectivity index (χ0n) is 21.5. The van der Waals surface area contributed by atoms with Crippen LogP contribution in [0.1, 0.15) is 34.1 Å². The van der Waals surface area contributed by atoms with Gasteiger partial charge >= 0.3 is 12.1 Å². The Kier molecular flexibility index (Phi) is 5.57. The molecule has 0 radical (unpaired) electrons. The van der Waals surface area contributed by atoms with Gasteiger partial charge in [0.05, 0.1) is 19.3 Å². The predicted molar refractivity (Wildman–Crippen MR) is 140 cm³/mol. The summed E-state index contributed by atoms with van der Waals surface area (Å²) in [6.45, 7) is 1.80. The summed E-state index contributed by atoms with van der Waals surface area (Å²) in [7, 11) is 1.52. The Bertz CT molecular complexity index is 1600.